The molecule has 0 unspecified atom stereocenters. The summed E-state index contributed by atoms with van der Waals surface area (Å²) in [6, 6.07) is 12.1. The van der Waals surface area contributed by atoms with E-state index in [1.165, 1.54) is 6.33 Å². The Morgan fingerprint density at radius 3 is 2.75 bits per heavy atom. The molecule has 2 aromatic carbocycles. The van der Waals surface area contributed by atoms with Crippen molar-refractivity contribution in [2.45, 2.75) is 11.8 Å². The first-order valence-corrected chi connectivity index (χ1v) is 7.56. The van der Waals surface area contributed by atoms with Crippen molar-refractivity contribution in [3.8, 4) is 0 Å². The Labute approximate surface area is 116 Å². The molecule has 0 amide bonds. The van der Waals surface area contributed by atoms with E-state index in [9.17, 15) is 8.42 Å². The third-order valence-corrected chi connectivity index (χ3v) is 4.45. The van der Waals surface area contributed by atoms with Crippen LogP contribution in [0.2, 0.25) is 0 Å². The Morgan fingerprint density at radius 2 is 1.95 bits per heavy atom. The molecule has 1 aromatic heterocycles. The number of sulfonamides is 1. The number of H-pyrrole nitrogens is 1. The first-order chi connectivity index (χ1) is 9.56. The topological polar surface area (TPSA) is 74.8 Å². The first kappa shape index (κ1) is 12.7. The van der Waals surface area contributed by atoms with Crippen molar-refractivity contribution in [1.29, 1.82) is 0 Å². The zero-order valence-electron chi connectivity index (χ0n) is 10.8. The van der Waals surface area contributed by atoms with Gasteiger partial charge in [0.25, 0.3) is 10.0 Å². The second kappa shape index (κ2) is 4.64. The van der Waals surface area contributed by atoms with E-state index >= 15 is 0 Å². The monoisotopic (exact) mass is 287 g/mol. The minimum atomic E-state index is -3.60. The lowest BCUT2D eigenvalue weighted by molar-refractivity contribution is 0.601. The van der Waals surface area contributed by atoms with Crippen LogP contribution in [0.25, 0.3) is 11.0 Å². The van der Waals surface area contributed by atoms with E-state index in [0.717, 1.165) is 11.1 Å². The normalized spacial score (nSPS) is 11.7. The first-order valence-electron chi connectivity index (χ1n) is 6.08. The van der Waals surface area contributed by atoms with E-state index in [2.05, 4.69) is 14.7 Å². The third kappa shape index (κ3) is 2.25. The van der Waals surface area contributed by atoms with Gasteiger partial charge in [0, 0.05) is 0 Å². The number of rotatable bonds is 3. The van der Waals surface area contributed by atoms with E-state index in [4.69, 9.17) is 0 Å². The molecule has 0 aliphatic carbocycles. The fourth-order valence-electron chi connectivity index (χ4n) is 1.97. The van der Waals surface area contributed by atoms with Crippen LogP contribution in [0.15, 0.2) is 53.7 Å². The van der Waals surface area contributed by atoms with Crippen molar-refractivity contribution < 1.29 is 8.42 Å². The molecule has 0 saturated carbocycles. The highest BCUT2D eigenvalue weighted by atomic mass is 32.2. The number of nitrogens with zero attached hydrogens (tertiary/aromatic N) is 1. The number of aromatic nitrogens is 2. The van der Waals surface area contributed by atoms with Crippen LogP contribution in [-0.2, 0) is 10.0 Å². The van der Waals surface area contributed by atoms with Gasteiger partial charge in [0.15, 0.2) is 0 Å². The standard InChI is InChI=1S/C14H13N3O2S/c1-10-4-2-3-5-12(10)17-20(18,19)11-6-7-13-14(8-11)16-9-15-13/h2-9,17H,1H3,(H,15,16). The van der Waals surface area contributed by atoms with Crippen LogP contribution in [0.5, 0.6) is 0 Å². The summed E-state index contributed by atoms with van der Waals surface area (Å²) < 4.78 is 27.3. The van der Waals surface area contributed by atoms with Gasteiger partial charge in [-0.15, -0.1) is 0 Å². The van der Waals surface area contributed by atoms with Gasteiger partial charge in [-0.3, -0.25) is 4.72 Å². The molecule has 2 N–H and O–H groups in total. The zero-order chi connectivity index (χ0) is 14.2. The molecule has 102 valence electrons. The van der Waals surface area contributed by atoms with Crippen molar-refractivity contribution in [1.82, 2.24) is 9.97 Å². The Kier molecular flexibility index (Phi) is 2.94. The van der Waals surface area contributed by atoms with Crippen LogP contribution in [0.1, 0.15) is 5.56 Å². The van der Waals surface area contributed by atoms with Crippen LogP contribution in [0, 0.1) is 6.92 Å². The number of nitrogens with one attached hydrogen (secondary N) is 2. The largest absolute Gasteiger partial charge is 0.345 e. The number of fused-ring (bicyclic) bond motifs is 1. The molecule has 6 heteroatoms. The molecule has 0 radical (unpaired) electrons. The van der Waals surface area contributed by atoms with Crippen LogP contribution in [0.3, 0.4) is 0 Å². The molecule has 0 aliphatic heterocycles. The second-order valence-electron chi connectivity index (χ2n) is 4.50. The average Bonchev–Trinajstić information content (AvgIpc) is 2.88. The van der Waals surface area contributed by atoms with E-state index < -0.39 is 10.0 Å². The Morgan fingerprint density at radius 1 is 1.15 bits per heavy atom. The average molecular weight is 287 g/mol. The molecule has 20 heavy (non-hydrogen) atoms. The predicted octanol–water partition coefficient (Wildman–Crippen LogP) is 2.67. The van der Waals surface area contributed by atoms with Crippen LogP contribution in [-0.4, -0.2) is 18.4 Å². The summed E-state index contributed by atoms with van der Waals surface area (Å²) in [4.78, 5) is 7.18. The van der Waals surface area contributed by atoms with Crippen molar-refractivity contribution in [2.24, 2.45) is 0 Å². The molecule has 0 saturated heterocycles. The van der Waals surface area contributed by atoms with Gasteiger partial charge in [-0.2, -0.15) is 0 Å². The van der Waals surface area contributed by atoms with Gasteiger partial charge in [0.05, 0.1) is 27.9 Å². The number of hydrogen-bond acceptors (Lipinski definition) is 3. The molecule has 0 bridgehead atoms. The third-order valence-electron chi connectivity index (χ3n) is 3.09. The van der Waals surface area contributed by atoms with E-state index in [0.29, 0.717) is 11.2 Å². The van der Waals surface area contributed by atoms with Crippen molar-refractivity contribution >= 4 is 26.7 Å². The van der Waals surface area contributed by atoms with Gasteiger partial charge in [0.2, 0.25) is 0 Å². The number of hydrogen-bond donors (Lipinski definition) is 2. The summed E-state index contributed by atoms with van der Waals surface area (Å²) >= 11 is 0. The summed E-state index contributed by atoms with van der Waals surface area (Å²) in [5.41, 5.74) is 2.88. The highest BCUT2D eigenvalue weighted by Gasteiger charge is 2.15. The lowest BCUT2D eigenvalue weighted by Gasteiger charge is -2.10. The molecular formula is C14H13N3O2S. The van der Waals surface area contributed by atoms with Gasteiger partial charge in [-0.25, -0.2) is 13.4 Å². The number of para-hydroxylation sites is 1. The number of benzene rings is 2. The maximum atomic E-state index is 12.4. The number of aryl methyl sites for hydroxylation is 1. The summed E-state index contributed by atoms with van der Waals surface area (Å²) in [5.74, 6) is 0. The van der Waals surface area contributed by atoms with Crippen LogP contribution in [0.4, 0.5) is 5.69 Å². The maximum absolute atomic E-state index is 12.4. The molecule has 1 heterocycles. The molecule has 0 atom stereocenters. The quantitative estimate of drug-likeness (QED) is 0.777. The van der Waals surface area contributed by atoms with E-state index in [-0.39, 0.29) is 4.90 Å². The fraction of sp³-hybridized carbons (Fsp3) is 0.0714. The molecule has 0 fully saturated rings. The number of imidazole rings is 1. The minimum absolute atomic E-state index is 0.206. The lowest BCUT2D eigenvalue weighted by atomic mass is 10.2. The summed E-state index contributed by atoms with van der Waals surface area (Å²) in [5, 5.41) is 0. The Hall–Kier alpha value is -2.34. The van der Waals surface area contributed by atoms with Gasteiger partial charge >= 0.3 is 0 Å². The molecule has 0 spiro atoms. The Bertz CT molecular complexity index is 869. The minimum Gasteiger partial charge on any atom is -0.345 e. The predicted molar refractivity (Wildman–Crippen MR) is 78.1 cm³/mol. The smallest absolute Gasteiger partial charge is 0.261 e. The van der Waals surface area contributed by atoms with E-state index in [1.807, 2.05) is 19.1 Å². The molecular weight excluding hydrogens is 274 g/mol. The number of aromatic amines is 1. The van der Waals surface area contributed by atoms with Crippen LogP contribution < -0.4 is 4.72 Å². The van der Waals surface area contributed by atoms with Crippen molar-refractivity contribution in [3.05, 3.63) is 54.4 Å². The van der Waals surface area contributed by atoms with Gasteiger partial charge in [-0.1, -0.05) is 18.2 Å². The number of anilines is 1. The molecule has 3 rings (SSSR count). The zero-order valence-corrected chi connectivity index (χ0v) is 11.6. The van der Waals surface area contributed by atoms with Crippen LogP contribution >= 0.6 is 0 Å². The summed E-state index contributed by atoms with van der Waals surface area (Å²) in [6.45, 7) is 1.86. The van der Waals surface area contributed by atoms with Gasteiger partial charge in [-0.05, 0) is 36.8 Å². The highest BCUT2D eigenvalue weighted by molar-refractivity contribution is 7.92. The maximum Gasteiger partial charge on any atom is 0.261 e. The fourth-order valence-corrected chi connectivity index (χ4v) is 3.13. The Balaban J connectivity index is 2.01. The molecule has 3 aromatic rings. The SMILES string of the molecule is Cc1ccccc1NS(=O)(=O)c1ccc2nc[nH]c2c1. The van der Waals surface area contributed by atoms with E-state index in [1.54, 1.807) is 30.3 Å². The summed E-state index contributed by atoms with van der Waals surface area (Å²) in [7, 11) is -3.60. The van der Waals surface area contributed by atoms with Crippen molar-refractivity contribution in [3.63, 3.8) is 0 Å². The molecule has 0 aliphatic rings. The summed E-state index contributed by atoms with van der Waals surface area (Å²) in [6.07, 6.45) is 1.54. The highest BCUT2D eigenvalue weighted by Crippen LogP contribution is 2.21. The lowest BCUT2D eigenvalue weighted by Crippen LogP contribution is -2.13. The second-order valence-corrected chi connectivity index (χ2v) is 6.18. The molecule has 5 nitrogen and oxygen atoms in total. The van der Waals surface area contributed by atoms with Gasteiger partial charge in [0.1, 0.15) is 0 Å². The van der Waals surface area contributed by atoms with Crippen molar-refractivity contribution in [2.75, 3.05) is 4.72 Å². The van der Waals surface area contributed by atoms with Gasteiger partial charge < -0.3 is 4.98 Å².